The zero-order chi connectivity index (χ0) is 30.5. The van der Waals surface area contributed by atoms with Crippen molar-refractivity contribution in [3.63, 3.8) is 0 Å². The van der Waals surface area contributed by atoms with E-state index in [-0.39, 0.29) is 33.5 Å². The summed E-state index contributed by atoms with van der Waals surface area (Å²) in [5, 5.41) is 2.88. The number of pyridine rings is 1. The Morgan fingerprint density at radius 2 is 1.68 bits per heavy atom. The van der Waals surface area contributed by atoms with Crippen LogP contribution in [0.4, 0.5) is 18.9 Å². The fraction of sp³-hybridized carbons (Fsp3) is 0.231. The van der Waals surface area contributed by atoms with Gasteiger partial charge in [-0.15, -0.1) is 0 Å². The van der Waals surface area contributed by atoms with Gasteiger partial charge in [-0.05, 0) is 68.0 Å². The number of sulfone groups is 1. The van der Waals surface area contributed by atoms with Crippen LogP contribution < -0.4 is 26.6 Å². The van der Waals surface area contributed by atoms with Gasteiger partial charge in [0.05, 0.1) is 22.6 Å². The van der Waals surface area contributed by atoms with E-state index in [4.69, 9.17) is 12.2 Å². The Kier molecular flexibility index (Phi) is 9.55. The normalized spacial score (nSPS) is 11.5. The Hall–Kier alpha value is -4.24. The number of aryl methyl sites for hydroxylation is 1. The number of hydrazine groups is 1. The molecule has 0 radical (unpaired) electrons. The molecule has 1 heterocycles. The average molecular weight is 610 g/mol. The molecule has 41 heavy (non-hydrogen) atoms. The number of benzene rings is 2. The van der Waals surface area contributed by atoms with Crippen LogP contribution in [0.3, 0.4) is 0 Å². The smallest absolute Gasteiger partial charge is 0.362 e. The molecule has 0 bridgehead atoms. The Labute approximate surface area is 238 Å². The molecule has 218 valence electrons. The van der Waals surface area contributed by atoms with Gasteiger partial charge in [0.25, 0.3) is 17.4 Å². The minimum absolute atomic E-state index is 0.00561. The van der Waals surface area contributed by atoms with E-state index in [0.717, 1.165) is 35.4 Å². The number of thiocarbonyl (C=S) groups is 1. The third-order valence-electron chi connectivity index (χ3n) is 5.76. The van der Waals surface area contributed by atoms with Crippen molar-refractivity contribution in [1.29, 1.82) is 0 Å². The molecular weight excluding hydrogens is 583 g/mol. The van der Waals surface area contributed by atoms with Crippen molar-refractivity contribution in [2.24, 2.45) is 0 Å². The van der Waals surface area contributed by atoms with Gasteiger partial charge in [0.15, 0.2) is 14.9 Å². The van der Waals surface area contributed by atoms with Crippen molar-refractivity contribution in [1.82, 2.24) is 21.2 Å². The second-order valence-electron chi connectivity index (χ2n) is 8.84. The molecule has 2 amide bonds. The monoisotopic (exact) mass is 609 g/mol. The number of H-pyrrole nitrogens is 1. The van der Waals surface area contributed by atoms with Gasteiger partial charge in [0.2, 0.25) is 0 Å². The topological polar surface area (TPSA) is 140 Å². The van der Waals surface area contributed by atoms with E-state index in [1.54, 1.807) is 6.92 Å². The van der Waals surface area contributed by atoms with Gasteiger partial charge in [0, 0.05) is 24.2 Å². The van der Waals surface area contributed by atoms with Crippen LogP contribution >= 0.6 is 12.2 Å². The molecule has 3 aromatic rings. The Bertz CT molecular complexity index is 1640. The number of amides is 2. The highest BCUT2D eigenvalue weighted by molar-refractivity contribution is 7.90. The molecule has 0 spiro atoms. The van der Waals surface area contributed by atoms with Gasteiger partial charge in [-0.25, -0.2) is 8.42 Å². The Balaban J connectivity index is 2.06. The summed E-state index contributed by atoms with van der Waals surface area (Å²) < 4.78 is 64.1. The maximum Gasteiger partial charge on any atom is 0.416 e. The number of carbonyl (C=O) groups is 2. The van der Waals surface area contributed by atoms with Gasteiger partial charge in [-0.1, -0.05) is 18.2 Å². The van der Waals surface area contributed by atoms with Gasteiger partial charge in [0.1, 0.15) is 5.56 Å². The zero-order valence-electron chi connectivity index (χ0n) is 22.0. The summed E-state index contributed by atoms with van der Waals surface area (Å²) in [5.41, 5.74) is 2.62. The second kappa shape index (κ2) is 12.5. The predicted octanol–water partition coefficient (Wildman–Crippen LogP) is 3.08. The first kappa shape index (κ1) is 31.3. The lowest BCUT2D eigenvalue weighted by atomic mass is 10.1. The largest absolute Gasteiger partial charge is 0.416 e. The summed E-state index contributed by atoms with van der Waals surface area (Å²) in [6.45, 7) is 3.38. The van der Waals surface area contributed by atoms with Crippen molar-refractivity contribution >= 4 is 44.7 Å². The molecule has 2 aromatic carbocycles. The number of rotatable bonds is 7. The number of hydrogen-bond donors (Lipinski definition) is 4. The van der Waals surface area contributed by atoms with E-state index in [9.17, 15) is 36.0 Å². The van der Waals surface area contributed by atoms with Gasteiger partial charge in [-0.3, -0.25) is 25.2 Å². The average Bonchev–Trinajstić information content (AvgIpc) is 2.89. The van der Waals surface area contributed by atoms with E-state index in [1.165, 1.54) is 37.3 Å². The highest BCUT2D eigenvalue weighted by Crippen LogP contribution is 2.32. The van der Waals surface area contributed by atoms with E-state index in [0.29, 0.717) is 12.1 Å². The van der Waals surface area contributed by atoms with Crippen LogP contribution in [0, 0.1) is 6.92 Å². The van der Waals surface area contributed by atoms with Crippen LogP contribution in [0.15, 0.2) is 64.3 Å². The highest BCUT2D eigenvalue weighted by Gasteiger charge is 2.32. The number of nitrogens with one attached hydrogen (secondary N) is 4. The number of halogens is 3. The highest BCUT2D eigenvalue weighted by atomic mass is 32.2. The summed E-state index contributed by atoms with van der Waals surface area (Å²) in [4.78, 5) is 42.7. The van der Waals surface area contributed by atoms with Crippen molar-refractivity contribution < 1.29 is 31.2 Å². The fourth-order valence-electron chi connectivity index (χ4n) is 3.70. The molecule has 0 atom stereocenters. The number of aromatic nitrogens is 1. The number of alkyl halides is 3. The molecule has 0 saturated heterocycles. The first-order chi connectivity index (χ1) is 19.1. The zero-order valence-corrected chi connectivity index (χ0v) is 23.7. The molecule has 10 nitrogen and oxygen atoms in total. The lowest BCUT2D eigenvalue weighted by Gasteiger charge is -2.24. The SMILES string of the molecule is CCNC(=S)NNC(=O)c1cc(C(=O)N(Cc2ccc(S(C)(=O)=O)cc2)c2cccc(C(F)(F)F)c2)c(=O)[nH]c1C. The minimum Gasteiger partial charge on any atom is -0.362 e. The molecule has 0 saturated carbocycles. The predicted molar refractivity (Wildman–Crippen MR) is 150 cm³/mol. The number of carbonyl (C=O) groups excluding carboxylic acids is 2. The third-order valence-corrected chi connectivity index (χ3v) is 7.14. The van der Waals surface area contributed by atoms with E-state index >= 15 is 0 Å². The standard InChI is InChI=1S/C26H26F3N5O5S2/c1-4-30-25(40)33-32-23(36)20-13-21(22(35)31-15(20)2)24(37)34(18-7-5-6-17(12-18)26(27,28)29)14-16-8-10-19(11-9-16)41(3,38)39/h5-13H,4,14H2,1-3H3,(H,31,35)(H,32,36)(H2,30,33,40). The van der Waals surface area contributed by atoms with Gasteiger partial charge >= 0.3 is 6.18 Å². The number of nitrogens with zero attached hydrogens (tertiary/aromatic N) is 1. The summed E-state index contributed by atoms with van der Waals surface area (Å²) in [6.07, 6.45) is -3.70. The van der Waals surface area contributed by atoms with Gasteiger partial charge < -0.3 is 15.2 Å². The van der Waals surface area contributed by atoms with E-state index in [1.807, 2.05) is 0 Å². The van der Waals surface area contributed by atoms with Crippen LogP contribution in [-0.2, 0) is 22.6 Å². The molecule has 0 aliphatic heterocycles. The Morgan fingerprint density at radius 1 is 1.02 bits per heavy atom. The van der Waals surface area contributed by atoms with Crippen molar-refractivity contribution in [2.45, 2.75) is 31.5 Å². The summed E-state index contributed by atoms with van der Waals surface area (Å²) in [6, 6.07) is 10.4. The molecular formula is C26H26F3N5O5S2. The minimum atomic E-state index is -4.71. The van der Waals surface area contributed by atoms with Crippen molar-refractivity contribution in [2.75, 3.05) is 17.7 Å². The molecule has 0 fully saturated rings. The fourth-order valence-corrected chi connectivity index (χ4v) is 4.53. The molecule has 1 aromatic heterocycles. The van der Waals surface area contributed by atoms with Crippen LogP contribution in [0.1, 0.15) is 44.5 Å². The van der Waals surface area contributed by atoms with Crippen LogP contribution in [0.5, 0.6) is 0 Å². The summed E-state index contributed by atoms with van der Waals surface area (Å²) in [7, 11) is -3.52. The molecule has 3 rings (SSSR count). The summed E-state index contributed by atoms with van der Waals surface area (Å²) >= 11 is 4.99. The maximum absolute atomic E-state index is 13.7. The van der Waals surface area contributed by atoms with E-state index < -0.39 is 44.5 Å². The number of aromatic amines is 1. The van der Waals surface area contributed by atoms with E-state index in [2.05, 4.69) is 21.2 Å². The number of anilines is 1. The Morgan fingerprint density at radius 3 is 2.27 bits per heavy atom. The molecule has 0 aliphatic rings. The maximum atomic E-state index is 13.7. The quantitative estimate of drug-likeness (QED) is 0.237. The molecule has 15 heteroatoms. The van der Waals surface area contributed by atoms with Crippen molar-refractivity contribution in [3.05, 3.63) is 92.9 Å². The third kappa shape index (κ3) is 7.91. The summed E-state index contributed by atoms with van der Waals surface area (Å²) in [5.74, 6) is -1.74. The lowest BCUT2D eigenvalue weighted by Crippen LogP contribution is -2.47. The number of hydrogen-bond acceptors (Lipinski definition) is 6. The van der Waals surface area contributed by atoms with Crippen LogP contribution in [0.2, 0.25) is 0 Å². The van der Waals surface area contributed by atoms with Crippen LogP contribution in [0.25, 0.3) is 0 Å². The molecule has 4 N–H and O–H groups in total. The second-order valence-corrected chi connectivity index (χ2v) is 11.3. The first-order valence-corrected chi connectivity index (χ1v) is 14.3. The lowest BCUT2D eigenvalue weighted by molar-refractivity contribution is -0.137. The first-order valence-electron chi connectivity index (χ1n) is 12.0. The van der Waals surface area contributed by atoms with Crippen molar-refractivity contribution in [3.8, 4) is 0 Å². The molecule has 0 aliphatic carbocycles. The van der Waals surface area contributed by atoms with Crippen LogP contribution in [-0.4, -0.2) is 43.1 Å². The molecule has 0 unspecified atom stereocenters. The van der Waals surface area contributed by atoms with Gasteiger partial charge in [-0.2, -0.15) is 13.2 Å².